The normalized spacial score (nSPS) is 11.5. The van der Waals surface area contributed by atoms with Gasteiger partial charge in [-0.15, -0.1) is 0 Å². The van der Waals surface area contributed by atoms with Crippen LogP contribution in [0.15, 0.2) is 0 Å². The molecule has 3 N–H and O–H groups in total. The predicted molar refractivity (Wildman–Crippen MR) is 57.2 cm³/mol. The molecule has 0 aliphatic carbocycles. The van der Waals surface area contributed by atoms with Crippen molar-refractivity contribution in [3.63, 3.8) is 0 Å². The first-order chi connectivity index (χ1) is 6.20. The van der Waals surface area contributed by atoms with E-state index in [0.717, 1.165) is 26.1 Å². The Morgan fingerprint density at radius 3 is 2.38 bits per heavy atom. The molecule has 0 aromatic heterocycles. The second-order valence-corrected chi connectivity index (χ2v) is 3.45. The largest absolute Gasteiger partial charge is 0.318 e. The van der Waals surface area contributed by atoms with Gasteiger partial charge in [0.15, 0.2) is 0 Å². The summed E-state index contributed by atoms with van der Waals surface area (Å²) in [6.07, 6.45) is 1.15. The minimum absolute atomic E-state index is 0.480. The van der Waals surface area contributed by atoms with Crippen LogP contribution in [0.5, 0.6) is 0 Å². The Balaban J connectivity index is 3.53. The molecule has 4 nitrogen and oxygen atoms in total. The lowest BCUT2D eigenvalue weighted by molar-refractivity contribution is 0.0987. The zero-order chi connectivity index (χ0) is 10.1. The zero-order valence-electron chi connectivity index (χ0n) is 9.35. The molecule has 0 fully saturated rings. The minimum atomic E-state index is 0.480. The average molecular weight is 188 g/mol. The standard InChI is InChI=1S/C9H24N4/c1-5-8-13(12-9(2)3)11-7-6-10-4/h9-12H,5-8H2,1-4H3. The van der Waals surface area contributed by atoms with Crippen LogP contribution >= 0.6 is 0 Å². The van der Waals surface area contributed by atoms with Crippen molar-refractivity contribution in [2.75, 3.05) is 26.7 Å². The molecule has 0 aromatic rings. The van der Waals surface area contributed by atoms with Crippen LogP contribution in [0, 0.1) is 0 Å². The summed E-state index contributed by atoms with van der Waals surface area (Å²) in [6.45, 7) is 9.43. The Kier molecular flexibility index (Phi) is 8.33. The van der Waals surface area contributed by atoms with Crippen LogP contribution in [0.1, 0.15) is 27.2 Å². The number of rotatable bonds is 8. The number of hydrogen-bond donors (Lipinski definition) is 3. The molecule has 0 bridgehead atoms. The summed E-state index contributed by atoms with van der Waals surface area (Å²) >= 11 is 0. The van der Waals surface area contributed by atoms with Crippen molar-refractivity contribution in [1.82, 2.24) is 21.3 Å². The lowest BCUT2D eigenvalue weighted by Crippen LogP contribution is -2.52. The van der Waals surface area contributed by atoms with E-state index in [1.54, 1.807) is 0 Å². The molecule has 80 valence electrons. The van der Waals surface area contributed by atoms with Crippen molar-refractivity contribution < 1.29 is 0 Å². The Morgan fingerprint density at radius 1 is 1.23 bits per heavy atom. The molecule has 0 aromatic carbocycles. The van der Waals surface area contributed by atoms with Crippen molar-refractivity contribution >= 4 is 0 Å². The van der Waals surface area contributed by atoms with E-state index in [-0.39, 0.29) is 0 Å². The highest BCUT2D eigenvalue weighted by atomic mass is 15.7. The van der Waals surface area contributed by atoms with Crippen LogP contribution in [0.4, 0.5) is 0 Å². The van der Waals surface area contributed by atoms with E-state index in [2.05, 4.69) is 42.1 Å². The summed E-state index contributed by atoms with van der Waals surface area (Å²) in [7, 11) is 1.96. The van der Waals surface area contributed by atoms with Gasteiger partial charge in [0.25, 0.3) is 0 Å². The molecular formula is C9H24N4. The highest BCUT2D eigenvalue weighted by Crippen LogP contribution is 1.84. The lowest BCUT2D eigenvalue weighted by Gasteiger charge is -2.25. The molecule has 0 aliphatic heterocycles. The maximum atomic E-state index is 3.33. The maximum Gasteiger partial charge on any atom is 0.0285 e. The van der Waals surface area contributed by atoms with E-state index < -0.39 is 0 Å². The van der Waals surface area contributed by atoms with Gasteiger partial charge in [-0.25, -0.2) is 10.9 Å². The van der Waals surface area contributed by atoms with Crippen LogP contribution in [-0.4, -0.2) is 37.8 Å². The average Bonchev–Trinajstić information content (AvgIpc) is 2.04. The Labute approximate surface area is 82.0 Å². The van der Waals surface area contributed by atoms with Gasteiger partial charge in [-0.1, -0.05) is 6.92 Å². The summed E-state index contributed by atoms with van der Waals surface area (Å²) in [4.78, 5) is 0. The van der Waals surface area contributed by atoms with Gasteiger partial charge >= 0.3 is 0 Å². The molecule has 0 saturated carbocycles. The number of hydrazine groups is 2. The Bertz CT molecular complexity index is 106. The van der Waals surface area contributed by atoms with Gasteiger partial charge in [0.1, 0.15) is 0 Å². The molecule has 0 aliphatic rings. The first-order valence-electron chi connectivity index (χ1n) is 5.12. The van der Waals surface area contributed by atoms with Gasteiger partial charge in [-0.05, 0) is 27.3 Å². The monoisotopic (exact) mass is 188 g/mol. The quantitative estimate of drug-likeness (QED) is 0.379. The van der Waals surface area contributed by atoms with Crippen molar-refractivity contribution in [1.29, 1.82) is 0 Å². The SMILES string of the molecule is CCCN(NCCNC)NC(C)C. The first kappa shape index (κ1) is 12.8. The highest BCUT2D eigenvalue weighted by Gasteiger charge is 2.02. The molecule has 13 heavy (non-hydrogen) atoms. The molecule has 0 spiro atoms. The van der Waals surface area contributed by atoms with Crippen molar-refractivity contribution in [3.8, 4) is 0 Å². The molecule has 0 saturated heterocycles. The summed E-state index contributed by atoms with van der Waals surface area (Å²) < 4.78 is 0. The first-order valence-corrected chi connectivity index (χ1v) is 5.12. The van der Waals surface area contributed by atoms with Crippen LogP contribution in [0.2, 0.25) is 0 Å². The van der Waals surface area contributed by atoms with Gasteiger partial charge in [0.2, 0.25) is 0 Å². The van der Waals surface area contributed by atoms with Gasteiger partial charge in [-0.2, -0.15) is 5.12 Å². The fourth-order valence-electron chi connectivity index (χ4n) is 1.04. The second kappa shape index (κ2) is 8.44. The smallest absolute Gasteiger partial charge is 0.0285 e. The third-order valence-corrected chi connectivity index (χ3v) is 1.54. The summed E-state index contributed by atoms with van der Waals surface area (Å²) in [5.74, 6) is 0. The molecule has 0 amide bonds. The zero-order valence-corrected chi connectivity index (χ0v) is 9.35. The van der Waals surface area contributed by atoms with Gasteiger partial charge in [0, 0.05) is 25.7 Å². The van der Waals surface area contributed by atoms with E-state index in [1.807, 2.05) is 7.05 Å². The Morgan fingerprint density at radius 2 is 1.92 bits per heavy atom. The van der Waals surface area contributed by atoms with Crippen molar-refractivity contribution in [2.24, 2.45) is 0 Å². The fourth-order valence-corrected chi connectivity index (χ4v) is 1.04. The number of nitrogens with one attached hydrogen (secondary N) is 3. The molecule has 4 heteroatoms. The summed E-state index contributed by atoms with van der Waals surface area (Å²) in [6, 6.07) is 0.480. The number of hydrogen-bond acceptors (Lipinski definition) is 4. The van der Waals surface area contributed by atoms with E-state index in [0.29, 0.717) is 6.04 Å². The van der Waals surface area contributed by atoms with Crippen LogP contribution < -0.4 is 16.2 Å². The number of nitrogens with zero attached hydrogens (tertiary/aromatic N) is 1. The molecule has 0 radical (unpaired) electrons. The third-order valence-electron chi connectivity index (χ3n) is 1.54. The predicted octanol–water partition coefficient (Wildman–Crippen LogP) is 0.335. The highest BCUT2D eigenvalue weighted by molar-refractivity contribution is 4.52. The second-order valence-electron chi connectivity index (χ2n) is 3.45. The van der Waals surface area contributed by atoms with Crippen molar-refractivity contribution in [3.05, 3.63) is 0 Å². The summed E-state index contributed by atoms with van der Waals surface area (Å²) in [5.41, 5.74) is 6.65. The fraction of sp³-hybridized carbons (Fsp3) is 1.00. The molecule has 0 rings (SSSR count). The molecule has 0 heterocycles. The van der Waals surface area contributed by atoms with Crippen LogP contribution in [-0.2, 0) is 0 Å². The van der Waals surface area contributed by atoms with E-state index >= 15 is 0 Å². The lowest BCUT2D eigenvalue weighted by atomic mass is 10.4. The Hall–Kier alpha value is -0.160. The molecule has 0 unspecified atom stereocenters. The number of likely N-dealkylation sites (N-methyl/N-ethyl adjacent to an activating group) is 1. The third kappa shape index (κ3) is 8.18. The van der Waals surface area contributed by atoms with Gasteiger partial charge in [0.05, 0.1) is 0 Å². The van der Waals surface area contributed by atoms with E-state index in [9.17, 15) is 0 Å². The molecule has 0 atom stereocenters. The van der Waals surface area contributed by atoms with Gasteiger partial charge < -0.3 is 5.32 Å². The van der Waals surface area contributed by atoms with Crippen LogP contribution in [0.3, 0.4) is 0 Å². The van der Waals surface area contributed by atoms with Crippen LogP contribution in [0.25, 0.3) is 0 Å². The van der Waals surface area contributed by atoms with E-state index in [4.69, 9.17) is 0 Å². The minimum Gasteiger partial charge on any atom is -0.318 e. The molecular weight excluding hydrogens is 164 g/mol. The maximum absolute atomic E-state index is 3.33. The van der Waals surface area contributed by atoms with E-state index in [1.165, 1.54) is 0 Å². The summed E-state index contributed by atoms with van der Waals surface area (Å²) in [5, 5.41) is 5.17. The van der Waals surface area contributed by atoms with Gasteiger partial charge in [-0.3, -0.25) is 0 Å². The van der Waals surface area contributed by atoms with Crippen molar-refractivity contribution in [2.45, 2.75) is 33.2 Å². The topological polar surface area (TPSA) is 39.3 Å².